The van der Waals surface area contributed by atoms with Crippen molar-refractivity contribution >= 4 is 21.9 Å². The molecule has 0 fully saturated rings. The maximum Gasteiger partial charge on any atom is 0.320 e. The molecule has 1 rings (SSSR count). The van der Waals surface area contributed by atoms with Crippen molar-refractivity contribution in [1.82, 2.24) is 0 Å². The first-order valence-corrected chi connectivity index (χ1v) is 4.97. The smallest absolute Gasteiger partial charge is 0.320 e. The van der Waals surface area contributed by atoms with Crippen LogP contribution >= 0.6 is 15.9 Å². The van der Waals surface area contributed by atoms with Crippen LogP contribution in [-0.2, 0) is 11.2 Å². The van der Waals surface area contributed by atoms with Gasteiger partial charge in [0.1, 0.15) is 23.4 Å². The van der Waals surface area contributed by atoms with Gasteiger partial charge in [-0.15, -0.1) is 0 Å². The largest absolute Gasteiger partial charge is 0.507 e. The lowest BCUT2D eigenvalue weighted by atomic mass is 10.1. The predicted molar refractivity (Wildman–Crippen MR) is 55.0 cm³/mol. The average Bonchev–Trinajstić information content (AvgIpc) is 2.20. The van der Waals surface area contributed by atoms with Crippen LogP contribution in [0.1, 0.15) is 5.56 Å². The number of halogens is 3. The summed E-state index contributed by atoms with van der Waals surface area (Å²) in [7, 11) is 0. The first kappa shape index (κ1) is 12.9. The summed E-state index contributed by atoms with van der Waals surface area (Å²) >= 11 is 2.71. The van der Waals surface area contributed by atoms with E-state index in [-0.39, 0.29) is 4.47 Å². The van der Waals surface area contributed by atoms with Crippen molar-refractivity contribution < 1.29 is 23.8 Å². The second kappa shape index (κ2) is 4.75. The van der Waals surface area contributed by atoms with Crippen LogP contribution in [0, 0.1) is 11.6 Å². The molecule has 0 bridgehead atoms. The first-order valence-electron chi connectivity index (χ1n) is 4.18. The standard InChI is InChI=1S/C9H8BrF2NO3/c10-7-6(14)2-4(11)3(8(7)12)1-5(13)9(15)16/h2,5,14H,1,13H2,(H,15,16). The molecule has 0 saturated carbocycles. The summed E-state index contributed by atoms with van der Waals surface area (Å²) in [5.74, 6) is -4.03. The Hall–Kier alpha value is -1.21. The topological polar surface area (TPSA) is 83.5 Å². The lowest BCUT2D eigenvalue weighted by molar-refractivity contribution is -0.138. The van der Waals surface area contributed by atoms with Crippen LogP contribution in [0.3, 0.4) is 0 Å². The summed E-state index contributed by atoms with van der Waals surface area (Å²) in [4.78, 5) is 10.4. The van der Waals surface area contributed by atoms with E-state index < -0.39 is 41.4 Å². The number of carboxylic acid groups (broad SMARTS) is 1. The molecule has 0 aliphatic carbocycles. The highest BCUT2D eigenvalue weighted by atomic mass is 79.9. The zero-order valence-electron chi connectivity index (χ0n) is 7.88. The van der Waals surface area contributed by atoms with E-state index in [0.717, 1.165) is 0 Å². The maximum absolute atomic E-state index is 13.5. The van der Waals surface area contributed by atoms with Gasteiger partial charge >= 0.3 is 5.97 Å². The molecule has 1 unspecified atom stereocenters. The van der Waals surface area contributed by atoms with Crippen molar-refractivity contribution in [2.45, 2.75) is 12.5 Å². The van der Waals surface area contributed by atoms with Crippen LogP contribution < -0.4 is 5.73 Å². The summed E-state index contributed by atoms with van der Waals surface area (Å²) in [6.45, 7) is 0. The zero-order valence-corrected chi connectivity index (χ0v) is 9.46. The minimum absolute atomic E-state index is 0.318. The second-order valence-electron chi connectivity index (χ2n) is 3.13. The highest BCUT2D eigenvalue weighted by Crippen LogP contribution is 2.31. The van der Waals surface area contributed by atoms with E-state index in [1.54, 1.807) is 0 Å². The molecule has 4 nitrogen and oxygen atoms in total. The van der Waals surface area contributed by atoms with E-state index in [0.29, 0.717) is 6.07 Å². The number of carbonyl (C=O) groups is 1. The molecule has 0 saturated heterocycles. The SMILES string of the molecule is NC(Cc1c(F)cc(O)c(Br)c1F)C(=O)O. The summed E-state index contributed by atoms with van der Waals surface area (Å²) in [5, 5.41) is 17.6. The summed E-state index contributed by atoms with van der Waals surface area (Å²) in [6, 6.07) is -0.711. The van der Waals surface area contributed by atoms with Crippen molar-refractivity contribution in [2.24, 2.45) is 5.73 Å². The highest BCUT2D eigenvalue weighted by molar-refractivity contribution is 9.10. The minimum Gasteiger partial charge on any atom is -0.507 e. The minimum atomic E-state index is -1.40. The Balaban J connectivity index is 3.14. The quantitative estimate of drug-likeness (QED) is 0.736. The fourth-order valence-corrected chi connectivity index (χ4v) is 1.47. The molecule has 0 heterocycles. The second-order valence-corrected chi connectivity index (χ2v) is 3.93. The van der Waals surface area contributed by atoms with Crippen LogP contribution in [0.25, 0.3) is 0 Å². The van der Waals surface area contributed by atoms with Gasteiger partial charge in [-0.1, -0.05) is 0 Å². The van der Waals surface area contributed by atoms with Gasteiger partial charge in [-0.05, 0) is 15.9 Å². The van der Waals surface area contributed by atoms with E-state index in [1.165, 1.54) is 0 Å². The average molecular weight is 296 g/mol. The van der Waals surface area contributed by atoms with Gasteiger partial charge in [-0.3, -0.25) is 4.79 Å². The van der Waals surface area contributed by atoms with E-state index in [9.17, 15) is 13.6 Å². The number of phenolic OH excluding ortho intramolecular Hbond substituents is 1. The van der Waals surface area contributed by atoms with E-state index in [2.05, 4.69) is 15.9 Å². The Morgan fingerprint density at radius 1 is 1.56 bits per heavy atom. The van der Waals surface area contributed by atoms with Crippen LogP contribution in [-0.4, -0.2) is 22.2 Å². The number of aromatic hydroxyl groups is 1. The van der Waals surface area contributed by atoms with Gasteiger partial charge in [0.25, 0.3) is 0 Å². The van der Waals surface area contributed by atoms with Gasteiger partial charge in [-0.2, -0.15) is 0 Å². The molecule has 88 valence electrons. The number of carboxylic acids is 1. The Morgan fingerprint density at radius 2 is 2.12 bits per heavy atom. The molecule has 16 heavy (non-hydrogen) atoms. The van der Waals surface area contributed by atoms with Crippen molar-refractivity contribution in [2.75, 3.05) is 0 Å². The number of aliphatic carboxylic acids is 1. The van der Waals surface area contributed by atoms with Gasteiger partial charge in [0.15, 0.2) is 0 Å². The number of benzene rings is 1. The van der Waals surface area contributed by atoms with Crippen LogP contribution in [0.2, 0.25) is 0 Å². The molecule has 0 aromatic heterocycles. The maximum atomic E-state index is 13.5. The van der Waals surface area contributed by atoms with Crippen molar-refractivity contribution in [3.63, 3.8) is 0 Å². The molecule has 7 heteroatoms. The number of phenols is 1. The lowest BCUT2D eigenvalue weighted by Crippen LogP contribution is -2.33. The summed E-state index contributed by atoms with van der Waals surface area (Å²) in [5.41, 5.74) is 4.69. The first-order chi connectivity index (χ1) is 7.34. The predicted octanol–water partition coefficient (Wildman–Crippen LogP) is 1.39. The highest BCUT2D eigenvalue weighted by Gasteiger charge is 2.21. The molecule has 4 N–H and O–H groups in total. The summed E-state index contributed by atoms with van der Waals surface area (Å²) < 4.78 is 26.4. The lowest BCUT2D eigenvalue weighted by Gasteiger charge is -2.10. The third-order valence-corrected chi connectivity index (χ3v) is 2.73. The van der Waals surface area contributed by atoms with Gasteiger partial charge in [-0.25, -0.2) is 8.78 Å². The van der Waals surface area contributed by atoms with Crippen LogP contribution in [0.15, 0.2) is 10.5 Å². The molecule has 0 spiro atoms. The van der Waals surface area contributed by atoms with E-state index in [1.807, 2.05) is 0 Å². The molecule has 1 aromatic rings. The number of nitrogens with two attached hydrogens (primary N) is 1. The Morgan fingerprint density at radius 3 is 2.62 bits per heavy atom. The van der Waals surface area contributed by atoms with Crippen molar-refractivity contribution in [1.29, 1.82) is 0 Å². The zero-order chi connectivity index (χ0) is 12.5. The van der Waals surface area contributed by atoms with Gasteiger partial charge in [0.05, 0.1) is 4.47 Å². The number of rotatable bonds is 3. The third kappa shape index (κ3) is 2.48. The fraction of sp³-hybridized carbons (Fsp3) is 0.222. The monoisotopic (exact) mass is 295 g/mol. The normalized spacial score (nSPS) is 12.5. The number of hydrogen-bond donors (Lipinski definition) is 3. The van der Waals surface area contributed by atoms with Crippen molar-refractivity contribution in [3.8, 4) is 5.75 Å². The van der Waals surface area contributed by atoms with Gasteiger partial charge in [0, 0.05) is 18.1 Å². The molecule has 0 amide bonds. The molecule has 0 aliphatic heterocycles. The fourth-order valence-electron chi connectivity index (χ4n) is 1.11. The summed E-state index contributed by atoms with van der Waals surface area (Å²) in [6.07, 6.45) is -0.494. The van der Waals surface area contributed by atoms with E-state index in [4.69, 9.17) is 15.9 Å². The van der Waals surface area contributed by atoms with Gasteiger partial charge in [0.2, 0.25) is 0 Å². The van der Waals surface area contributed by atoms with Crippen LogP contribution in [0.4, 0.5) is 8.78 Å². The molecular formula is C9H8BrF2NO3. The number of hydrogen-bond acceptors (Lipinski definition) is 3. The molecule has 1 atom stereocenters. The third-order valence-electron chi connectivity index (χ3n) is 1.98. The molecule has 0 aliphatic rings. The Bertz CT molecular complexity index is 439. The molecular weight excluding hydrogens is 288 g/mol. The van der Waals surface area contributed by atoms with Crippen molar-refractivity contribution in [3.05, 3.63) is 27.7 Å². The van der Waals surface area contributed by atoms with Gasteiger partial charge < -0.3 is 15.9 Å². The van der Waals surface area contributed by atoms with E-state index >= 15 is 0 Å². The Labute approximate surface area is 97.8 Å². The molecule has 0 radical (unpaired) electrons. The Kier molecular flexibility index (Phi) is 3.82. The molecule has 1 aromatic carbocycles. The van der Waals surface area contributed by atoms with Crippen LogP contribution in [0.5, 0.6) is 5.75 Å².